The van der Waals surface area contributed by atoms with E-state index in [0.29, 0.717) is 5.56 Å². The molecule has 0 radical (unpaired) electrons. The topological polar surface area (TPSA) is 81.3 Å². The Hall–Kier alpha value is -2.55. The molecule has 3 aromatic rings. The third kappa shape index (κ3) is 6.22. The number of fused-ring (bicyclic) bond motifs is 1. The average Bonchev–Trinajstić information content (AvgIpc) is 3.15. The van der Waals surface area contributed by atoms with Crippen molar-refractivity contribution in [3.8, 4) is 0 Å². The lowest BCUT2D eigenvalue weighted by molar-refractivity contribution is 0.0963. The van der Waals surface area contributed by atoms with Crippen molar-refractivity contribution in [3.63, 3.8) is 0 Å². The van der Waals surface area contributed by atoms with Gasteiger partial charge in [-0.2, -0.15) is 0 Å². The van der Waals surface area contributed by atoms with Gasteiger partial charge in [0, 0.05) is 49.8 Å². The Balaban J connectivity index is 0.00000300. The van der Waals surface area contributed by atoms with Gasteiger partial charge in [-0.3, -0.25) is 9.79 Å². The van der Waals surface area contributed by atoms with Gasteiger partial charge >= 0.3 is 0 Å². The zero-order chi connectivity index (χ0) is 19.8. The fourth-order valence-corrected chi connectivity index (χ4v) is 3.21. The van der Waals surface area contributed by atoms with Crippen LogP contribution in [-0.4, -0.2) is 44.0 Å². The highest BCUT2D eigenvalue weighted by Crippen LogP contribution is 2.17. The minimum atomic E-state index is -0.0652. The van der Waals surface area contributed by atoms with E-state index >= 15 is 0 Å². The number of hydrogen-bond donors (Lipinski definition) is 4. The van der Waals surface area contributed by atoms with E-state index in [4.69, 9.17) is 0 Å². The van der Waals surface area contributed by atoms with E-state index in [1.165, 1.54) is 16.5 Å². The van der Waals surface area contributed by atoms with Crippen molar-refractivity contribution in [1.82, 2.24) is 20.9 Å². The molecule has 0 fully saturated rings. The van der Waals surface area contributed by atoms with Crippen LogP contribution in [0.3, 0.4) is 0 Å². The van der Waals surface area contributed by atoms with Crippen molar-refractivity contribution in [2.45, 2.75) is 12.8 Å². The Kier molecular flexibility index (Phi) is 8.98. The minimum Gasteiger partial charge on any atom is -0.361 e. The number of para-hydroxylation sites is 1. The number of rotatable bonds is 7. The van der Waals surface area contributed by atoms with Gasteiger partial charge in [0.25, 0.3) is 5.91 Å². The lowest BCUT2D eigenvalue weighted by Crippen LogP contribution is -2.39. The highest BCUT2D eigenvalue weighted by atomic mass is 127. The van der Waals surface area contributed by atoms with Gasteiger partial charge in [0.1, 0.15) is 0 Å². The van der Waals surface area contributed by atoms with Crippen LogP contribution in [0.15, 0.2) is 59.7 Å². The molecule has 0 saturated heterocycles. The number of benzene rings is 2. The van der Waals surface area contributed by atoms with Gasteiger partial charge in [0.05, 0.1) is 0 Å². The predicted molar refractivity (Wildman–Crippen MR) is 130 cm³/mol. The molecule has 29 heavy (non-hydrogen) atoms. The van der Waals surface area contributed by atoms with Gasteiger partial charge in [0.2, 0.25) is 0 Å². The summed E-state index contributed by atoms with van der Waals surface area (Å²) in [6, 6.07) is 16.0. The van der Waals surface area contributed by atoms with Crippen molar-refractivity contribution in [3.05, 3.63) is 71.4 Å². The van der Waals surface area contributed by atoms with Crippen LogP contribution in [0.1, 0.15) is 21.5 Å². The van der Waals surface area contributed by atoms with Crippen LogP contribution in [0.25, 0.3) is 10.9 Å². The summed E-state index contributed by atoms with van der Waals surface area (Å²) in [5, 5.41) is 10.6. The molecule has 1 aromatic heterocycles. The molecular formula is C22H28IN5O. The van der Waals surface area contributed by atoms with Crippen molar-refractivity contribution in [2.75, 3.05) is 27.2 Å². The van der Waals surface area contributed by atoms with Crippen molar-refractivity contribution < 1.29 is 4.79 Å². The van der Waals surface area contributed by atoms with E-state index < -0.39 is 0 Å². The summed E-state index contributed by atoms with van der Waals surface area (Å²) < 4.78 is 0. The predicted octanol–water partition coefficient (Wildman–Crippen LogP) is 3.10. The minimum absolute atomic E-state index is 0. The second-order valence-corrected chi connectivity index (χ2v) is 6.56. The number of amides is 1. The fourth-order valence-electron chi connectivity index (χ4n) is 3.21. The average molecular weight is 505 g/mol. The second-order valence-electron chi connectivity index (χ2n) is 6.56. The first-order valence-electron chi connectivity index (χ1n) is 9.52. The number of carbonyl (C=O) groups is 1. The Morgan fingerprint density at radius 1 is 1.03 bits per heavy atom. The van der Waals surface area contributed by atoms with Crippen molar-refractivity contribution >= 4 is 46.7 Å². The maximum atomic E-state index is 11.7. The quantitative estimate of drug-likeness (QED) is 0.226. The van der Waals surface area contributed by atoms with E-state index in [1.807, 2.05) is 30.3 Å². The van der Waals surface area contributed by atoms with E-state index in [-0.39, 0.29) is 29.9 Å². The number of aromatic amines is 1. The number of H-pyrrole nitrogens is 1. The summed E-state index contributed by atoms with van der Waals surface area (Å²) in [5.41, 5.74) is 4.26. The van der Waals surface area contributed by atoms with Crippen LogP contribution in [0.2, 0.25) is 0 Å². The Bertz CT molecular complexity index is 967. The summed E-state index contributed by atoms with van der Waals surface area (Å²) >= 11 is 0. The van der Waals surface area contributed by atoms with Crippen molar-refractivity contribution in [2.24, 2.45) is 4.99 Å². The number of aliphatic imine (C=N–C) groups is 1. The molecule has 3 rings (SSSR count). The first kappa shape index (κ1) is 22.7. The zero-order valence-corrected chi connectivity index (χ0v) is 19.1. The number of carbonyl (C=O) groups excluding carboxylic acids is 1. The molecule has 1 heterocycles. The molecule has 0 atom stereocenters. The van der Waals surface area contributed by atoms with E-state index in [1.54, 1.807) is 14.1 Å². The van der Waals surface area contributed by atoms with Crippen molar-refractivity contribution in [1.29, 1.82) is 0 Å². The number of aromatic nitrogens is 1. The molecule has 6 nitrogen and oxygen atoms in total. The number of nitrogens with zero attached hydrogens (tertiary/aromatic N) is 1. The number of hydrogen-bond acceptors (Lipinski definition) is 2. The third-order valence-corrected chi connectivity index (χ3v) is 4.71. The fraction of sp³-hybridized carbons (Fsp3) is 0.273. The van der Waals surface area contributed by atoms with Crippen LogP contribution >= 0.6 is 24.0 Å². The Morgan fingerprint density at radius 3 is 2.55 bits per heavy atom. The van der Waals surface area contributed by atoms with E-state index in [2.05, 4.69) is 50.3 Å². The highest BCUT2D eigenvalue weighted by Gasteiger charge is 2.05. The first-order valence-corrected chi connectivity index (χ1v) is 9.52. The van der Waals surface area contributed by atoms with Crippen LogP contribution in [0.5, 0.6) is 0 Å². The van der Waals surface area contributed by atoms with Gasteiger partial charge in [0.15, 0.2) is 5.96 Å². The van der Waals surface area contributed by atoms with E-state index in [0.717, 1.165) is 37.5 Å². The molecular weight excluding hydrogens is 477 g/mol. The molecule has 4 N–H and O–H groups in total. The summed E-state index contributed by atoms with van der Waals surface area (Å²) in [7, 11) is 3.41. The monoisotopic (exact) mass is 505 g/mol. The standard InChI is InChI=1S/C22H27N5O.HI/c1-23-21(28)17-7-5-6-16(14-17)10-12-25-22(24-2)26-13-11-18-15-27-20-9-4-3-8-19(18)20;/h3-9,14-15,27H,10-13H2,1-2H3,(H,23,28)(H2,24,25,26);1H. The summed E-state index contributed by atoms with van der Waals surface area (Å²) in [6.45, 7) is 1.54. The molecule has 0 aliphatic heterocycles. The molecule has 0 unspecified atom stereocenters. The van der Waals surface area contributed by atoms with Crippen LogP contribution in [-0.2, 0) is 12.8 Å². The molecule has 0 saturated carbocycles. The molecule has 1 amide bonds. The first-order chi connectivity index (χ1) is 13.7. The molecule has 0 aliphatic carbocycles. The summed E-state index contributed by atoms with van der Waals surface area (Å²) in [5.74, 6) is 0.715. The maximum absolute atomic E-state index is 11.7. The SMILES string of the molecule is CN=C(NCCc1cccc(C(=O)NC)c1)NCCc1c[nH]c2ccccc12.I. The Morgan fingerprint density at radius 2 is 1.79 bits per heavy atom. The van der Waals surface area contributed by atoms with Crippen LogP contribution in [0.4, 0.5) is 0 Å². The lowest BCUT2D eigenvalue weighted by atomic mass is 10.1. The highest BCUT2D eigenvalue weighted by molar-refractivity contribution is 14.0. The summed E-state index contributed by atoms with van der Waals surface area (Å²) in [6.07, 6.45) is 3.80. The molecule has 7 heteroatoms. The molecule has 154 valence electrons. The van der Waals surface area contributed by atoms with Gasteiger partial charge in [-0.15, -0.1) is 24.0 Å². The number of nitrogens with one attached hydrogen (secondary N) is 4. The van der Waals surface area contributed by atoms with Crippen LogP contribution < -0.4 is 16.0 Å². The van der Waals surface area contributed by atoms with Crippen LogP contribution in [0, 0.1) is 0 Å². The molecule has 0 aliphatic rings. The zero-order valence-electron chi connectivity index (χ0n) is 16.8. The van der Waals surface area contributed by atoms with Gasteiger partial charge < -0.3 is 20.9 Å². The molecule has 0 spiro atoms. The number of guanidine groups is 1. The second kappa shape index (κ2) is 11.5. The summed E-state index contributed by atoms with van der Waals surface area (Å²) in [4.78, 5) is 19.3. The number of halogens is 1. The lowest BCUT2D eigenvalue weighted by Gasteiger charge is -2.12. The molecule has 0 bridgehead atoms. The molecule has 2 aromatic carbocycles. The third-order valence-electron chi connectivity index (χ3n) is 4.71. The van der Waals surface area contributed by atoms with E-state index in [9.17, 15) is 4.79 Å². The maximum Gasteiger partial charge on any atom is 0.251 e. The largest absolute Gasteiger partial charge is 0.361 e. The Labute approximate surface area is 188 Å². The van der Waals surface area contributed by atoms with Gasteiger partial charge in [-0.1, -0.05) is 30.3 Å². The smallest absolute Gasteiger partial charge is 0.251 e. The van der Waals surface area contributed by atoms with Gasteiger partial charge in [-0.05, 0) is 42.2 Å². The normalized spacial score (nSPS) is 11.0. The van der Waals surface area contributed by atoms with Gasteiger partial charge in [-0.25, -0.2) is 0 Å².